The van der Waals surface area contributed by atoms with E-state index in [4.69, 9.17) is 9.47 Å². The highest BCUT2D eigenvalue weighted by Gasteiger charge is 2.28. The molecule has 0 aromatic carbocycles. The summed E-state index contributed by atoms with van der Waals surface area (Å²) in [5.41, 5.74) is 0. The Morgan fingerprint density at radius 3 is 2.71 bits per heavy atom. The van der Waals surface area contributed by atoms with Gasteiger partial charge in [0.1, 0.15) is 0 Å². The Hall–Kier alpha value is -0.160. The summed E-state index contributed by atoms with van der Waals surface area (Å²) in [4.78, 5) is 0. The Morgan fingerprint density at radius 1 is 1.43 bits per heavy atom. The molecule has 1 saturated carbocycles. The summed E-state index contributed by atoms with van der Waals surface area (Å²) >= 11 is 0. The molecule has 0 radical (unpaired) electrons. The Kier molecular flexibility index (Phi) is 5.40. The topological polar surface area (TPSA) is 50.7 Å². The number of aliphatic hydroxyl groups excluding tert-OH is 1. The number of nitrogens with one attached hydrogen (secondary N) is 1. The highest BCUT2D eigenvalue weighted by atomic mass is 16.5. The molecule has 0 amide bonds. The van der Waals surface area contributed by atoms with Gasteiger partial charge < -0.3 is 19.9 Å². The van der Waals surface area contributed by atoms with Crippen LogP contribution in [0, 0.1) is 0 Å². The Balaban J connectivity index is 1.90. The Morgan fingerprint density at radius 2 is 2.14 bits per heavy atom. The lowest BCUT2D eigenvalue weighted by Crippen LogP contribution is -2.45. The first-order valence-electron chi connectivity index (χ1n) is 5.19. The molecule has 0 heterocycles. The fraction of sp³-hybridized carbons (Fsp3) is 1.00. The fourth-order valence-corrected chi connectivity index (χ4v) is 1.65. The minimum absolute atomic E-state index is 0.342. The molecular formula is C10H21NO3. The van der Waals surface area contributed by atoms with Gasteiger partial charge in [0, 0.05) is 20.3 Å². The molecule has 84 valence electrons. The standard InChI is InChI=1S/C10H21NO3/c1-13-7-9(12)3-4-11-8-5-10(6-8)14-2/h8-12H,3-7H2,1-2H3. The second-order valence-corrected chi connectivity index (χ2v) is 3.88. The van der Waals surface area contributed by atoms with E-state index in [1.807, 2.05) is 0 Å². The maximum Gasteiger partial charge on any atom is 0.0785 e. The van der Waals surface area contributed by atoms with E-state index in [2.05, 4.69) is 5.32 Å². The summed E-state index contributed by atoms with van der Waals surface area (Å²) in [6.45, 7) is 1.28. The molecule has 1 fully saturated rings. The van der Waals surface area contributed by atoms with E-state index in [9.17, 15) is 5.11 Å². The van der Waals surface area contributed by atoms with Crippen LogP contribution in [0.25, 0.3) is 0 Å². The third kappa shape index (κ3) is 3.92. The average Bonchev–Trinajstić information content (AvgIpc) is 2.09. The molecule has 1 rings (SSSR count). The molecule has 0 spiro atoms. The second kappa shape index (κ2) is 6.35. The molecular weight excluding hydrogens is 182 g/mol. The maximum absolute atomic E-state index is 9.36. The van der Waals surface area contributed by atoms with Gasteiger partial charge in [0.05, 0.1) is 18.8 Å². The van der Waals surface area contributed by atoms with Crippen LogP contribution in [0.2, 0.25) is 0 Å². The SMILES string of the molecule is COCC(O)CCNC1CC(OC)C1. The Labute approximate surface area is 85.6 Å². The lowest BCUT2D eigenvalue weighted by atomic mass is 9.89. The zero-order valence-electron chi connectivity index (χ0n) is 9.03. The van der Waals surface area contributed by atoms with E-state index < -0.39 is 0 Å². The van der Waals surface area contributed by atoms with Crippen LogP contribution >= 0.6 is 0 Å². The van der Waals surface area contributed by atoms with E-state index in [1.54, 1.807) is 14.2 Å². The van der Waals surface area contributed by atoms with Crippen LogP contribution in [0.15, 0.2) is 0 Å². The van der Waals surface area contributed by atoms with Gasteiger partial charge in [-0.25, -0.2) is 0 Å². The molecule has 4 heteroatoms. The monoisotopic (exact) mass is 203 g/mol. The first-order valence-corrected chi connectivity index (χ1v) is 5.19. The smallest absolute Gasteiger partial charge is 0.0785 e. The summed E-state index contributed by atoms with van der Waals surface area (Å²) in [7, 11) is 3.36. The molecule has 1 aliphatic carbocycles. The summed E-state index contributed by atoms with van der Waals surface area (Å²) in [5.74, 6) is 0. The largest absolute Gasteiger partial charge is 0.391 e. The second-order valence-electron chi connectivity index (χ2n) is 3.88. The van der Waals surface area contributed by atoms with Gasteiger partial charge in [-0.05, 0) is 25.8 Å². The van der Waals surface area contributed by atoms with Crippen molar-refractivity contribution in [1.29, 1.82) is 0 Å². The fourth-order valence-electron chi connectivity index (χ4n) is 1.65. The zero-order valence-corrected chi connectivity index (χ0v) is 9.03. The summed E-state index contributed by atoms with van der Waals surface area (Å²) in [6, 6.07) is 0.578. The van der Waals surface area contributed by atoms with Crippen LogP contribution in [0.3, 0.4) is 0 Å². The molecule has 1 aliphatic rings. The van der Waals surface area contributed by atoms with Crippen molar-refractivity contribution in [1.82, 2.24) is 5.32 Å². The van der Waals surface area contributed by atoms with Crippen molar-refractivity contribution in [3.05, 3.63) is 0 Å². The lowest BCUT2D eigenvalue weighted by molar-refractivity contribution is 0.0148. The van der Waals surface area contributed by atoms with Crippen molar-refractivity contribution < 1.29 is 14.6 Å². The van der Waals surface area contributed by atoms with E-state index in [0.29, 0.717) is 18.8 Å². The molecule has 4 nitrogen and oxygen atoms in total. The van der Waals surface area contributed by atoms with Crippen molar-refractivity contribution in [3.63, 3.8) is 0 Å². The van der Waals surface area contributed by atoms with Gasteiger partial charge in [-0.2, -0.15) is 0 Å². The van der Waals surface area contributed by atoms with Gasteiger partial charge in [0.15, 0.2) is 0 Å². The van der Waals surface area contributed by atoms with E-state index in [0.717, 1.165) is 25.8 Å². The van der Waals surface area contributed by atoms with Crippen molar-refractivity contribution >= 4 is 0 Å². The Bertz CT molecular complexity index is 148. The van der Waals surface area contributed by atoms with Gasteiger partial charge in [0.2, 0.25) is 0 Å². The molecule has 1 unspecified atom stereocenters. The number of ether oxygens (including phenoxy) is 2. The van der Waals surface area contributed by atoms with Crippen molar-refractivity contribution in [2.75, 3.05) is 27.4 Å². The van der Waals surface area contributed by atoms with Crippen molar-refractivity contribution in [2.24, 2.45) is 0 Å². The van der Waals surface area contributed by atoms with E-state index >= 15 is 0 Å². The third-order valence-electron chi connectivity index (χ3n) is 2.70. The minimum Gasteiger partial charge on any atom is -0.391 e. The highest BCUT2D eigenvalue weighted by molar-refractivity contribution is 4.85. The van der Waals surface area contributed by atoms with Crippen LogP contribution in [0.4, 0.5) is 0 Å². The van der Waals surface area contributed by atoms with Gasteiger partial charge >= 0.3 is 0 Å². The number of methoxy groups -OCH3 is 2. The van der Waals surface area contributed by atoms with E-state index in [1.165, 1.54) is 0 Å². The molecule has 0 aromatic rings. The number of aliphatic hydroxyl groups is 1. The molecule has 0 aliphatic heterocycles. The van der Waals surface area contributed by atoms with Crippen LogP contribution in [-0.4, -0.2) is 50.7 Å². The minimum atomic E-state index is -0.342. The normalized spacial score (nSPS) is 28.5. The molecule has 14 heavy (non-hydrogen) atoms. The van der Waals surface area contributed by atoms with Gasteiger partial charge in [-0.15, -0.1) is 0 Å². The van der Waals surface area contributed by atoms with Crippen LogP contribution in [0.5, 0.6) is 0 Å². The van der Waals surface area contributed by atoms with Gasteiger partial charge in [-0.1, -0.05) is 0 Å². The quantitative estimate of drug-likeness (QED) is 0.618. The van der Waals surface area contributed by atoms with Crippen LogP contribution in [-0.2, 0) is 9.47 Å². The van der Waals surface area contributed by atoms with Crippen molar-refractivity contribution in [3.8, 4) is 0 Å². The summed E-state index contributed by atoms with van der Waals surface area (Å²) in [6.07, 6.45) is 3.04. The molecule has 0 aromatic heterocycles. The third-order valence-corrected chi connectivity index (χ3v) is 2.70. The number of rotatable bonds is 7. The first-order chi connectivity index (χ1) is 6.76. The molecule has 1 atom stereocenters. The number of hydrogen-bond acceptors (Lipinski definition) is 4. The molecule has 2 N–H and O–H groups in total. The van der Waals surface area contributed by atoms with Crippen LogP contribution < -0.4 is 5.32 Å². The maximum atomic E-state index is 9.36. The summed E-state index contributed by atoms with van der Waals surface area (Å²) in [5, 5.41) is 12.7. The zero-order chi connectivity index (χ0) is 10.4. The van der Waals surface area contributed by atoms with Gasteiger partial charge in [-0.3, -0.25) is 0 Å². The summed E-state index contributed by atoms with van der Waals surface area (Å²) < 4.78 is 10.0. The van der Waals surface area contributed by atoms with Gasteiger partial charge in [0.25, 0.3) is 0 Å². The van der Waals surface area contributed by atoms with Crippen LogP contribution in [0.1, 0.15) is 19.3 Å². The van der Waals surface area contributed by atoms with Crippen molar-refractivity contribution in [2.45, 2.75) is 37.5 Å². The number of hydrogen-bond donors (Lipinski definition) is 2. The predicted octanol–water partition coefficient (Wildman–Crippen LogP) is 0.151. The van der Waals surface area contributed by atoms with E-state index in [-0.39, 0.29) is 6.10 Å². The lowest BCUT2D eigenvalue weighted by Gasteiger charge is -2.35. The molecule has 0 saturated heterocycles. The first kappa shape index (κ1) is 11.9. The predicted molar refractivity (Wildman–Crippen MR) is 54.3 cm³/mol. The highest BCUT2D eigenvalue weighted by Crippen LogP contribution is 2.22. The molecule has 0 bridgehead atoms. The average molecular weight is 203 g/mol.